The predicted molar refractivity (Wildman–Crippen MR) is 88.2 cm³/mol. The number of ether oxygens (including phenoxy) is 2. The molecule has 0 amide bonds. The van der Waals surface area contributed by atoms with E-state index < -0.39 is 0 Å². The lowest BCUT2D eigenvalue weighted by Crippen LogP contribution is -2.01. The zero-order valence-corrected chi connectivity index (χ0v) is 13.3. The summed E-state index contributed by atoms with van der Waals surface area (Å²) in [7, 11) is 1.66. The molecular weight excluding hydrogens is 295 g/mol. The van der Waals surface area contributed by atoms with Gasteiger partial charge in [-0.15, -0.1) is 0 Å². The van der Waals surface area contributed by atoms with Crippen LogP contribution in [0.5, 0.6) is 5.75 Å². The van der Waals surface area contributed by atoms with Crippen molar-refractivity contribution in [1.29, 1.82) is 0 Å². The molecule has 0 aliphatic rings. The van der Waals surface area contributed by atoms with E-state index in [1.165, 1.54) is 6.07 Å². The molecule has 0 spiro atoms. The minimum absolute atomic E-state index is 0.276. The second-order valence-corrected chi connectivity index (χ2v) is 5.24. The third-order valence-electron chi connectivity index (χ3n) is 3.51. The summed E-state index contributed by atoms with van der Waals surface area (Å²) in [6.45, 7) is 1.26. The van der Waals surface area contributed by atoms with E-state index in [4.69, 9.17) is 9.47 Å². The molecule has 2 rings (SSSR count). The van der Waals surface area contributed by atoms with Crippen molar-refractivity contribution in [3.63, 3.8) is 0 Å². The number of halogens is 1. The van der Waals surface area contributed by atoms with Crippen LogP contribution >= 0.6 is 0 Å². The van der Waals surface area contributed by atoms with Crippen molar-refractivity contribution in [2.75, 3.05) is 20.3 Å². The quantitative estimate of drug-likeness (QED) is 0.517. The average Bonchev–Trinajstić information content (AvgIpc) is 2.58. The van der Waals surface area contributed by atoms with Crippen molar-refractivity contribution < 1.29 is 18.7 Å². The van der Waals surface area contributed by atoms with Crippen molar-refractivity contribution >= 4 is 6.29 Å². The van der Waals surface area contributed by atoms with Gasteiger partial charge in [0.15, 0.2) is 0 Å². The molecule has 0 bridgehead atoms. The van der Waals surface area contributed by atoms with Crippen LogP contribution in [0, 0.1) is 5.82 Å². The van der Waals surface area contributed by atoms with Gasteiger partial charge in [-0.05, 0) is 35.7 Å². The van der Waals surface area contributed by atoms with Crippen LogP contribution < -0.4 is 4.74 Å². The molecule has 0 radical (unpaired) electrons. The molecule has 2 aromatic rings. The molecule has 0 saturated carbocycles. The summed E-state index contributed by atoms with van der Waals surface area (Å²) < 4.78 is 24.8. The highest BCUT2D eigenvalue weighted by molar-refractivity contribution is 5.65. The number of aryl methyl sites for hydroxylation is 1. The van der Waals surface area contributed by atoms with Gasteiger partial charge in [0.1, 0.15) is 17.9 Å². The fraction of sp³-hybridized carbons (Fsp3) is 0.316. The smallest absolute Gasteiger partial charge is 0.131 e. The molecule has 4 heteroatoms. The Morgan fingerprint density at radius 2 is 1.87 bits per heavy atom. The molecule has 0 saturated heterocycles. The first-order valence-electron chi connectivity index (χ1n) is 7.69. The van der Waals surface area contributed by atoms with Crippen LogP contribution in [-0.2, 0) is 16.0 Å². The van der Waals surface area contributed by atoms with E-state index in [2.05, 4.69) is 0 Å². The average molecular weight is 316 g/mol. The molecule has 0 aliphatic heterocycles. The van der Waals surface area contributed by atoms with Crippen LogP contribution in [0.25, 0.3) is 11.1 Å². The molecule has 3 nitrogen and oxygen atoms in total. The second kappa shape index (κ2) is 9.06. The van der Waals surface area contributed by atoms with Crippen molar-refractivity contribution in [1.82, 2.24) is 0 Å². The molecule has 0 fully saturated rings. The highest BCUT2D eigenvalue weighted by Gasteiger charge is 2.06. The first-order chi connectivity index (χ1) is 11.2. The van der Waals surface area contributed by atoms with Crippen LogP contribution in [0.1, 0.15) is 18.4 Å². The Balaban J connectivity index is 2.02. The highest BCUT2D eigenvalue weighted by atomic mass is 19.1. The van der Waals surface area contributed by atoms with Crippen molar-refractivity contribution in [2.24, 2.45) is 0 Å². The minimum Gasteiger partial charge on any atom is -0.494 e. The number of aldehydes is 1. The Hall–Kier alpha value is -2.20. The lowest BCUT2D eigenvalue weighted by Gasteiger charge is -2.09. The van der Waals surface area contributed by atoms with Crippen LogP contribution in [0.2, 0.25) is 0 Å². The molecule has 122 valence electrons. The molecule has 0 unspecified atom stereocenters. The summed E-state index contributed by atoms with van der Waals surface area (Å²) in [6.07, 6.45) is 2.65. The van der Waals surface area contributed by atoms with Crippen LogP contribution in [-0.4, -0.2) is 26.6 Å². The fourth-order valence-corrected chi connectivity index (χ4v) is 2.30. The number of carbonyl (C=O) groups excluding carboxylic acids is 1. The fourth-order valence-electron chi connectivity index (χ4n) is 2.30. The van der Waals surface area contributed by atoms with Crippen molar-refractivity contribution in [2.45, 2.75) is 19.3 Å². The van der Waals surface area contributed by atoms with Gasteiger partial charge in [-0.3, -0.25) is 0 Å². The predicted octanol–water partition coefficient (Wildman–Crippen LogP) is 4.04. The number of rotatable bonds is 9. The van der Waals surface area contributed by atoms with Gasteiger partial charge in [0.25, 0.3) is 0 Å². The summed E-state index contributed by atoms with van der Waals surface area (Å²) in [5, 5.41) is 0. The van der Waals surface area contributed by atoms with Crippen LogP contribution in [0.4, 0.5) is 4.39 Å². The Kier molecular flexibility index (Phi) is 6.76. The molecule has 0 aliphatic carbocycles. The third kappa shape index (κ3) is 5.18. The van der Waals surface area contributed by atoms with Gasteiger partial charge >= 0.3 is 0 Å². The van der Waals surface area contributed by atoms with E-state index in [1.54, 1.807) is 13.2 Å². The first kappa shape index (κ1) is 17.2. The molecule has 2 aromatic carbocycles. The highest BCUT2D eigenvalue weighted by Crippen LogP contribution is 2.26. The Labute approximate surface area is 136 Å². The summed E-state index contributed by atoms with van der Waals surface area (Å²) in [6, 6.07) is 12.5. The monoisotopic (exact) mass is 316 g/mol. The minimum atomic E-state index is -0.276. The first-order valence-corrected chi connectivity index (χ1v) is 7.69. The molecule has 0 atom stereocenters. The summed E-state index contributed by atoms with van der Waals surface area (Å²) >= 11 is 0. The van der Waals surface area contributed by atoms with E-state index >= 15 is 0 Å². The van der Waals surface area contributed by atoms with Crippen molar-refractivity contribution in [3.8, 4) is 16.9 Å². The summed E-state index contributed by atoms with van der Waals surface area (Å²) in [4.78, 5) is 10.4. The Morgan fingerprint density at radius 1 is 1.09 bits per heavy atom. The molecule has 23 heavy (non-hydrogen) atoms. The van der Waals surface area contributed by atoms with Gasteiger partial charge in [-0.1, -0.05) is 24.3 Å². The van der Waals surface area contributed by atoms with Gasteiger partial charge in [0.2, 0.25) is 0 Å². The Morgan fingerprint density at radius 3 is 2.52 bits per heavy atom. The number of carbonyl (C=O) groups is 1. The van der Waals surface area contributed by atoms with Gasteiger partial charge in [0, 0.05) is 32.1 Å². The third-order valence-corrected chi connectivity index (χ3v) is 3.51. The number of methoxy groups -OCH3 is 1. The molecular formula is C19H21FO3. The molecule has 0 aromatic heterocycles. The zero-order chi connectivity index (χ0) is 16.5. The summed E-state index contributed by atoms with van der Waals surface area (Å²) in [5.41, 5.74) is 2.18. The molecule has 0 N–H and O–H groups in total. The number of hydrogen-bond acceptors (Lipinski definition) is 3. The number of benzene rings is 2. The topological polar surface area (TPSA) is 35.5 Å². The van der Waals surface area contributed by atoms with Crippen molar-refractivity contribution in [3.05, 3.63) is 53.8 Å². The lowest BCUT2D eigenvalue weighted by atomic mass is 10.0. The maximum Gasteiger partial charge on any atom is 0.131 e. The van der Waals surface area contributed by atoms with Gasteiger partial charge in [-0.2, -0.15) is 0 Å². The van der Waals surface area contributed by atoms with E-state index in [9.17, 15) is 9.18 Å². The van der Waals surface area contributed by atoms with E-state index in [1.807, 2.05) is 30.3 Å². The normalized spacial score (nSPS) is 10.5. The largest absolute Gasteiger partial charge is 0.494 e. The van der Waals surface area contributed by atoms with Gasteiger partial charge < -0.3 is 14.3 Å². The van der Waals surface area contributed by atoms with Gasteiger partial charge in [0.05, 0.1) is 6.61 Å². The Bertz CT molecular complexity index is 623. The maximum absolute atomic E-state index is 14.2. The lowest BCUT2D eigenvalue weighted by molar-refractivity contribution is -0.107. The SMILES string of the molecule is COCCCOc1ccc(-c2ccc(CCC=O)cc2F)cc1. The van der Waals surface area contributed by atoms with E-state index in [-0.39, 0.29) is 5.82 Å². The maximum atomic E-state index is 14.2. The number of hydrogen-bond donors (Lipinski definition) is 0. The van der Waals surface area contributed by atoms with Crippen LogP contribution in [0.15, 0.2) is 42.5 Å². The van der Waals surface area contributed by atoms with E-state index in [0.717, 1.165) is 29.6 Å². The second-order valence-electron chi connectivity index (χ2n) is 5.24. The summed E-state index contributed by atoms with van der Waals surface area (Å²) in [5.74, 6) is 0.482. The zero-order valence-electron chi connectivity index (χ0n) is 13.3. The van der Waals surface area contributed by atoms with Gasteiger partial charge in [-0.25, -0.2) is 4.39 Å². The van der Waals surface area contributed by atoms with Crippen LogP contribution in [0.3, 0.4) is 0 Å². The van der Waals surface area contributed by atoms with E-state index in [0.29, 0.717) is 31.6 Å². The standard InChI is InChI=1S/C19H21FO3/c1-22-12-3-13-23-17-8-6-16(7-9-17)18-10-5-15(4-2-11-21)14-19(18)20/h5-11,14H,2-4,12-13H2,1H3. The molecule has 0 heterocycles.